The van der Waals surface area contributed by atoms with Crippen LogP contribution in [0.3, 0.4) is 0 Å². The van der Waals surface area contributed by atoms with Gasteiger partial charge in [-0.25, -0.2) is 0 Å². The van der Waals surface area contributed by atoms with Crippen molar-refractivity contribution in [1.82, 2.24) is 25.1 Å². The molecule has 6 nitrogen and oxygen atoms in total. The molecular weight excluding hydrogens is 362 g/mol. The molecule has 2 aromatic rings. The molecule has 0 amide bonds. The van der Waals surface area contributed by atoms with E-state index in [-0.39, 0.29) is 5.54 Å². The zero-order chi connectivity index (χ0) is 20.6. The van der Waals surface area contributed by atoms with Gasteiger partial charge in [0.15, 0.2) is 5.82 Å². The van der Waals surface area contributed by atoms with Gasteiger partial charge in [0.05, 0.1) is 24.4 Å². The lowest BCUT2D eigenvalue weighted by Gasteiger charge is -2.50. The molecule has 2 heterocycles. The van der Waals surface area contributed by atoms with Gasteiger partial charge in [0.1, 0.15) is 0 Å². The van der Waals surface area contributed by atoms with Crippen molar-refractivity contribution >= 4 is 0 Å². The van der Waals surface area contributed by atoms with Gasteiger partial charge in [-0.3, -0.25) is 4.90 Å². The average Bonchev–Trinajstić information content (AvgIpc) is 3.18. The molecule has 0 radical (unpaired) electrons. The largest absolute Gasteiger partial charge is 0.379 e. The fraction of sp³-hybridized carbons (Fsp3) is 0.696. The van der Waals surface area contributed by atoms with Gasteiger partial charge < -0.3 is 4.74 Å². The maximum Gasteiger partial charge on any atom is 0.176 e. The Hall–Kier alpha value is -1.79. The summed E-state index contributed by atoms with van der Waals surface area (Å²) >= 11 is 0. The molecule has 2 fully saturated rings. The van der Waals surface area contributed by atoms with Crippen molar-refractivity contribution in [3.63, 3.8) is 0 Å². The second kappa shape index (κ2) is 7.80. The Balaban J connectivity index is 1.77. The van der Waals surface area contributed by atoms with Gasteiger partial charge >= 0.3 is 0 Å². The van der Waals surface area contributed by atoms with E-state index < -0.39 is 0 Å². The predicted octanol–water partition coefficient (Wildman–Crippen LogP) is 4.04. The van der Waals surface area contributed by atoms with Crippen molar-refractivity contribution in [3.8, 4) is 5.69 Å². The molecule has 2 aliphatic rings. The number of morpholine rings is 1. The topological polar surface area (TPSA) is 56.1 Å². The number of ether oxygens (including phenoxy) is 1. The molecule has 1 aromatic carbocycles. The Morgan fingerprint density at radius 3 is 2.24 bits per heavy atom. The molecular formula is C23H35N5O. The number of hydrogen-bond donors (Lipinski definition) is 0. The number of aromatic nitrogens is 4. The normalized spacial score (nSPS) is 26.6. The lowest BCUT2D eigenvalue weighted by Crippen LogP contribution is -2.54. The molecule has 158 valence electrons. The van der Waals surface area contributed by atoms with E-state index in [1.165, 1.54) is 24.0 Å². The van der Waals surface area contributed by atoms with Gasteiger partial charge in [-0.1, -0.05) is 39.0 Å². The van der Waals surface area contributed by atoms with E-state index in [1.807, 2.05) is 4.68 Å². The van der Waals surface area contributed by atoms with Crippen molar-refractivity contribution in [2.45, 2.75) is 65.8 Å². The summed E-state index contributed by atoms with van der Waals surface area (Å²) in [7, 11) is 0. The molecule has 1 aliphatic carbocycles. The summed E-state index contributed by atoms with van der Waals surface area (Å²) in [6, 6.07) is 6.39. The van der Waals surface area contributed by atoms with Crippen LogP contribution < -0.4 is 0 Å². The highest BCUT2D eigenvalue weighted by molar-refractivity contribution is 5.47. The van der Waals surface area contributed by atoms with E-state index in [4.69, 9.17) is 4.74 Å². The third-order valence-electron chi connectivity index (χ3n) is 7.19. The minimum absolute atomic E-state index is 0.121. The first kappa shape index (κ1) is 20.5. The molecule has 1 saturated carbocycles. The van der Waals surface area contributed by atoms with Gasteiger partial charge in [0, 0.05) is 13.1 Å². The molecule has 6 heteroatoms. The highest BCUT2D eigenvalue weighted by Gasteiger charge is 2.48. The lowest BCUT2D eigenvalue weighted by atomic mass is 9.66. The van der Waals surface area contributed by atoms with Crippen molar-refractivity contribution in [1.29, 1.82) is 0 Å². The highest BCUT2D eigenvalue weighted by Crippen LogP contribution is 2.48. The summed E-state index contributed by atoms with van der Waals surface area (Å²) in [6.45, 7) is 14.9. The van der Waals surface area contributed by atoms with E-state index in [9.17, 15) is 0 Å². The quantitative estimate of drug-likeness (QED) is 0.782. The van der Waals surface area contributed by atoms with Gasteiger partial charge in [-0.15, -0.1) is 5.10 Å². The van der Waals surface area contributed by atoms with E-state index in [0.29, 0.717) is 5.41 Å². The third-order valence-corrected chi connectivity index (χ3v) is 7.19. The third kappa shape index (κ3) is 3.73. The molecule has 1 aromatic heterocycles. The van der Waals surface area contributed by atoms with Gasteiger partial charge in [-0.2, -0.15) is 4.68 Å². The molecule has 4 rings (SSSR count). The summed E-state index contributed by atoms with van der Waals surface area (Å²) in [4.78, 5) is 2.60. The Kier molecular flexibility index (Phi) is 5.51. The minimum atomic E-state index is -0.121. The molecule has 0 bridgehead atoms. The van der Waals surface area contributed by atoms with Crippen LogP contribution in [0.15, 0.2) is 18.2 Å². The maximum atomic E-state index is 5.68. The van der Waals surface area contributed by atoms with Gasteiger partial charge in [0.2, 0.25) is 0 Å². The van der Waals surface area contributed by atoms with E-state index >= 15 is 0 Å². The molecule has 0 spiro atoms. The summed E-state index contributed by atoms with van der Waals surface area (Å²) in [6.07, 6.45) is 4.61. The van der Waals surface area contributed by atoms with Crippen molar-refractivity contribution in [2.75, 3.05) is 26.3 Å². The van der Waals surface area contributed by atoms with Crippen LogP contribution in [0.2, 0.25) is 0 Å². The SMILES string of the molecule is Cc1cccc(C)c1-n1nnnc1C1(N2CCOCC2)CCC(C(C)(C)C)CC1. The zero-order valence-electron chi connectivity index (χ0n) is 18.6. The second-order valence-corrected chi connectivity index (χ2v) is 9.93. The molecule has 29 heavy (non-hydrogen) atoms. The number of para-hydroxylation sites is 1. The van der Waals surface area contributed by atoms with E-state index in [2.05, 4.69) is 73.2 Å². The number of tetrazole rings is 1. The monoisotopic (exact) mass is 397 g/mol. The fourth-order valence-electron chi connectivity index (χ4n) is 5.40. The van der Waals surface area contributed by atoms with Crippen LogP contribution in [-0.2, 0) is 10.3 Å². The van der Waals surface area contributed by atoms with Crippen LogP contribution in [-0.4, -0.2) is 51.4 Å². The summed E-state index contributed by atoms with van der Waals surface area (Å²) in [5.41, 5.74) is 3.76. The summed E-state index contributed by atoms with van der Waals surface area (Å²) < 4.78 is 7.71. The number of benzene rings is 1. The number of aryl methyl sites for hydroxylation is 2. The molecule has 0 unspecified atom stereocenters. The Morgan fingerprint density at radius 1 is 1.03 bits per heavy atom. The summed E-state index contributed by atoms with van der Waals surface area (Å²) in [5, 5.41) is 13.3. The minimum Gasteiger partial charge on any atom is -0.379 e. The first-order valence-electron chi connectivity index (χ1n) is 11.0. The van der Waals surface area contributed by atoms with Crippen molar-refractivity contribution in [3.05, 3.63) is 35.2 Å². The van der Waals surface area contributed by atoms with Crippen LogP contribution >= 0.6 is 0 Å². The summed E-state index contributed by atoms with van der Waals surface area (Å²) in [5.74, 6) is 1.74. The van der Waals surface area contributed by atoms with Crippen molar-refractivity contribution in [2.24, 2.45) is 11.3 Å². The maximum absolute atomic E-state index is 5.68. The van der Waals surface area contributed by atoms with E-state index in [1.54, 1.807) is 0 Å². The van der Waals surface area contributed by atoms with E-state index in [0.717, 1.165) is 56.6 Å². The van der Waals surface area contributed by atoms with Crippen LogP contribution in [0.1, 0.15) is 63.4 Å². The molecule has 1 aliphatic heterocycles. The lowest BCUT2D eigenvalue weighted by molar-refractivity contribution is -0.0577. The second-order valence-electron chi connectivity index (χ2n) is 9.93. The molecule has 0 atom stereocenters. The predicted molar refractivity (Wildman–Crippen MR) is 114 cm³/mol. The van der Waals surface area contributed by atoms with Gasteiger partial charge in [-0.05, 0) is 72.4 Å². The van der Waals surface area contributed by atoms with Gasteiger partial charge in [0.25, 0.3) is 0 Å². The fourth-order valence-corrected chi connectivity index (χ4v) is 5.40. The van der Waals surface area contributed by atoms with Crippen LogP contribution in [0, 0.1) is 25.2 Å². The Labute approximate surface area is 174 Å². The zero-order valence-corrected chi connectivity index (χ0v) is 18.6. The van der Waals surface area contributed by atoms with Crippen LogP contribution in [0.25, 0.3) is 5.69 Å². The first-order valence-corrected chi connectivity index (χ1v) is 11.0. The van der Waals surface area contributed by atoms with Crippen LogP contribution in [0.5, 0.6) is 0 Å². The van der Waals surface area contributed by atoms with Crippen LogP contribution in [0.4, 0.5) is 0 Å². The first-order chi connectivity index (χ1) is 13.8. The smallest absolute Gasteiger partial charge is 0.176 e. The Morgan fingerprint density at radius 2 is 1.66 bits per heavy atom. The number of hydrogen-bond acceptors (Lipinski definition) is 5. The highest BCUT2D eigenvalue weighted by atomic mass is 16.5. The number of rotatable bonds is 3. The molecule has 0 N–H and O–H groups in total. The standard InChI is InChI=1S/C23H35N5O/c1-17-7-6-8-18(2)20(17)28-21(24-25-26-28)23(27-13-15-29-16-14-27)11-9-19(10-12-23)22(3,4)5/h6-8,19H,9-16H2,1-5H3. The molecule has 1 saturated heterocycles. The average molecular weight is 398 g/mol. The Bertz CT molecular complexity index is 819. The van der Waals surface area contributed by atoms with Crippen molar-refractivity contribution < 1.29 is 4.74 Å². The number of nitrogens with zero attached hydrogens (tertiary/aromatic N) is 5.